The van der Waals surface area contributed by atoms with E-state index in [4.69, 9.17) is 5.73 Å². The van der Waals surface area contributed by atoms with E-state index in [-0.39, 0.29) is 0 Å². The molecule has 1 saturated heterocycles. The first kappa shape index (κ1) is 12.9. The lowest BCUT2D eigenvalue weighted by Crippen LogP contribution is -2.48. The molecule has 2 heterocycles. The number of hydrogen-bond acceptors (Lipinski definition) is 5. The van der Waals surface area contributed by atoms with Crippen molar-refractivity contribution in [3.8, 4) is 0 Å². The number of rotatable bonds is 3. The molecule has 106 valence electrons. The molecular weight excluding hydrogens is 254 g/mol. The lowest BCUT2D eigenvalue weighted by molar-refractivity contribution is -0.739. The summed E-state index contributed by atoms with van der Waals surface area (Å²) in [5, 5.41) is 10.7. The Morgan fingerprint density at radius 1 is 1.30 bits per heavy atom. The van der Waals surface area contributed by atoms with E-state index in [9.17, 15) is 0 Å². The highest BCUT2D eigenvalue weighted by Crippen LogP contribution is 2.19. The Morgan fingerprint density at radius 2 is 2.10 bits per heavy atom. The number of nitrogens with zero attached hydrogens (tertiary/aromatic N) is 5. The molecule has 1 fully saturated rings. The first-order chi connectivity index (χ1) is 9.72. The summed E-state index contributed by atoms with van der Waals surface area (Å²) in [7, 11) is 1.93. The molecule has 3 N–H and O–H groups in total. The van der Waals surface area contributed by atoms with Crippen LogP contribution in [0.2, 0.25) is 0 Å². The van der Waals surface area contributed by atoms with E-state index in [0.29, 0.717) is 0 Å². The van der Waals surface area contributed by atoms with E-state index in [1.54, 1.807) is 0 Å². The summed E-state index contributed by atoms with van der Waals surface area (Å²) in [6.45, 7) is 4.87. The van der Waals surface area contributed by atoms with Crippen LogP contribution in [0.5, 0.6) is 0 Å². The highest BCUT2D eigenvalue weighted by molar-refractivity contribution is 5.56. The Morgan fingerprint density at radius 3 is 2.75 bits per heavy atom. The zero-order valence-corrected chi connectivity index (χ0v) is 11.7. The summed E-state index contributed by atoms with van der Waals surface area (Å²) in [4.78, 5) is 4.76. The second-order valence-electron chi connectivity index (χ2n) is 5.13. The van der Waals surface area contributed by atoms with Crippen LogP contribution in [-0.2, 0) is 13.6 Å². The molecule has 0 aliphatic carbocycles. The Labute approximate surface area is 118 Å². The van der Waals surface area contributed by atoms with Crippen molar-refractivity contribution in [3.05, 3.63) is 30.1 Å². The van der Waals surface area contributed by atoms with E-state index < -0.39 is 0 Å². The van der Waals surface area contributed by atoms with Gasteiger partial charge in [-0.2, -0.15) is 4.68 Å². The minimum absolute atomic E-state index is 0.819. The SMILES string of the molecule is C[n+]1[nH]nnc1CN1CCN(c2cccc(N)c2)CC1. The predicted molar refractivity (Wildman–Crippen MR) is 75.9 cm³/mol. The quantitative estimate of drug-likeness (QED) is 0.584. The number of H-pyrrole nitrogens is 1. The molecule has 0 spiro atoms. The average Bonchev–Trinajstić information content (AvgIpc) is 2.85. The molecule has 7 heteroatoms. The second-order valence-corrected chi connectivity index (χ2v) is 5.13. The lowest BCUT2D eigenvalue weighted by Gasteiger charge is -2.35. The van der Waals surface area contributed by atoms with E-state index >= 15 is 0 Å². The van der Waals surface area contributed by atoms with Crippen LogP contribution >= 0.6 is 0 Å². The molecule has 2 aromatic rings. The molecule has 20 heavy (non-hydrogen) atoms. The van der Waals surface area contributed by atoms with Crippen LogP contribution < -0.4 is 15.3 Å². The van der Waals surface area contributed by atoms with Crippen LogP contribution in [0.15, 0.2) is 24.3 Å². The van der Waals surface area contributed by atoms with Crippen LogP contribution in [0.1, 0.15) is 5.82 Å². The number of aromatic amines is 1. The van der Waals surface area contributed by atoms with Crippen molar-refractivity contribution in [3.63, 3.8) is 0 Å². The van der Waals surface area contributed by atoms with Crippen molar-refractivity contribution >= 4 is 11.4 Å². The van der Waals surface area contributed by atoms with Crippen molar-refractivity contribution in [1.82, 2.24) is 20.4 Å². The minimum atomic E-state index is 0.819. The van der Waals surface area contributed by atoms with Gasteiger partial charge in [-0.15, -0.1) is 0 Å². The number of aryl methyl sites for hydroxylation is 1. The summed E-state index contributed by atoms with van der Waals surface area (Å²) >= 11 is 0. The third-order valence-corrected chi connectivity index (χ3v) is 3.72. The number of nitrogens with one attached hydrogen (secondary N) is 1. The summed E-state index contributed by atoms with van der Waals surface area (Å²) in [5.74, 6) is 0.961. The smallest absolute Gasteiger partial charge is 0.314 e. The lowest BCUT2D eigenvalue weighted by atomic mass is 10.2. The monoisotopic (exact) mass is 274 g/mol. The largest absolute Gasteiger partial charge is 0.399 e. The Hall–Kier alpha value is -2.15. The fourth-order valence-electron chi connectivity index (χ4n) is 2.50. The molecule has 0 bridgehead atoms. The maximum atomic E-state index is 5.84. The van der Waals surface area contributed by atoms with Gasteiger partial charge >= 0.3 is 5.82 Å². The first-order valence-electron chi connectivity index (χ1n) is 6.81. The molecule has 0 saturated carbocycles. The van der Waals surface area contributed by atoms with Crippen molar-refractivity contribution in [2.45, 2.75) is 6.54 Å². The summed E-state index contributed by atoms with van der Waals surface area (Å²) in [5.41, 5.74) is 7.87. The van der Waals surface area contributed by atoms with Gasteiger partial charge in [-0.3, -0.25) is 4.90 Å². The van der Waals surface area contributed by atoms with Gasteiger partial charge in [-0.1, -0.05) is 11.3 Å². The molecular formula is C13H20N7+. The summed E-state index contributed by atoms with van der Waals surface area (Å²) in [6, 6.07) is 8.08. The number of hydrogen-bond donors (Lipinski definition) is 2. The van der Waals surface area contributed by atoms with E-state index in [0.717, 1.165) is 44.2 Å². The van der Waals surface area contributed by atoms with Crippen LogP contribution in [0, 0.1) is 0 Å². The zero-order chi connectivity index (χ0) is 13.9. The number of tetrazole rings is 1. The number of benzene rings is 1. The molecule has 3 rings (SSSR count). The number of aromatic nitrogens is 4. The number of anilines is 2. The predicted octanol–water partition coefficient (Wildman–Crippen LogP) is -0.466. The van der Waals surface area contributed by atoms with Gasteiger partial charge in [0.25, 0.3) is 0 Å². The normalized spacial score (nSPS) is 16.6. The summed E-state index contributed by atoms with van der Waals surface area (Å²) in [6.07, 6.45) is 0. The first-order valence-corrected chi connectivity index (χ1v) is 6.81. The van der Waals surface area contributed by atoms with Gasteiger partial charge in [0.15, 0.2) is 5.21 Å². The highest BCUT2D eigenvalue weighted by atomic mass is 15.5. The van der Waals surface area contributed by atoms with Gasteiger partial charge in [0.05, 0.1) is 13.6 Å². The van der Waals surface area contributed by atoms with E-state index in [1.165, 1.54) is 5.69 Å². The fraction of sp³-hybridized carbons (Fsp3) is 0.462. The highest BCUT2D eigenvalue weighted by Gasteiger charge is 2.21. The van der Waals surface area contributed by atoms with E-state index in [2.05, 4.69) is 31.4 Å². The van der Waals surface area contributed by atoms with Crippen LogP contribution in [0.4, 0.5) is 11.4 Å². The van der Waals surface area contributed by atoms with Gasteiger partial charge in [-0.25, -0.2) is 0 Å². The minimum Gasteiger partial charge on any atom is -0.399 e. The third kappa shape index (κ3) is 2.72. The standard InChI is InChI=1S/C13H19N7/c1-18-13(15-16-17-18)10-19-5-7-20(8-6-19)12-4-2-3-11(14)9-12/h2-4,9H,5-8,10,14H2,1H3/p+1. The Bertz CT molecular complexity index is 572. The summed E-state index contributed by atoms with van der Waals surface area (Å²) < 4.78 is 1.85. The molecule has 1 aromatic carbocycles. The van der Waals surface area contributed by atoms with Gasteiger partial charge in [0.2, 0.25) is 0 Å². The molecule has 0 amide bonds. The Balaban J connectivity index is 1.58. The van der Waals surface area contributed by atoms with Crippen LogP contribution in [-0.4, -0.2) is 46.6 Å². The van der Waals surface area contributed by atoms with Crippen molar-refractivity contribution in [2.24, 2.45) is 7.05 Å². The molecule has 1 aliphatic heterocycles. The molecule has 1 aliphatic rings. The van der Waals surface area contributed by atoms with Gasteiger partial charge in [0.1, 0.15) is 5.10 Å². The molecule has 0 radical (unpaired) electrons. The molecule has 0 unspecified atom stereocenters. The van der Waals surface area contributed by atoms with Gasteiger partial charge in [-0.05, 0) is 18.2 Å². The number of nitrogen functional groups attached to an aromatic ring is 1. The molecule has 1 aromatic heterocycles. The van der Waals surface area contributed by atoms with Crippen molar-refractivity contribution in [1.29, 1.82) is 0 Å². The van der Waals surface area contributed by atoms with Crippen LogP contribution in [0.25, 0.3) is 0 Å². The fourth-order valence-corrected chi connectivity index (χ4v) is 2.50. The van der Waals surface area contributed by atoms with Crippen molar-refractivity contribution in [2.75, 3.05) is 36.8 Å². The van der Waals surface area contributed by atoms with Gasteiger partial charge in [0, 0.05) is 37.6 Å². The van der Waals surface area contributed by atoms with Crippen LogP contribution in [0.3, 0.4) is 0 Å². The third-order valence-electron chi connectivity index (χ3n) is 3.72. The van der Waals surface area contributed by atoms with E-state index in [1.807, 2.05) is 29.9 Å². The number of nitrogens with two attached hydrogens (primary N) is 1. The topological polar surface area (TPSA) is 78.0 Å². The second kappa shape index (κ2) is 5.46. The maximum absolute atomic E-state index is 5.84. The Kier molecular flexibility index (Phi) is 3.51. The maximum Gasteiger partial charge on any atom is 0.314 e. The number of piperazine rings is 1. The van der Waals surface area contributed by atoms with Crippen molar-refractivity contribution < 1.29 is 4.68 Å². The molecule has 7 nitrogen and oxygen atoms in total. The zero-order valence-electron chi connectivity index (χ0n) is 11.7. The average molecular weight is 274 g/mol. The molecule has 0 atom stereocenters. The van der Waals surface area contributed by atoms with Gasteiger partial charge < -0.3 is 10.6 Å².